The molecule has 1 aromatic carbocycles. The third kappa shape index (κ3) is 3.76. The topological polar surface area (TPSA) is 104 Å². The van der Waals surface area contributed by atoms with Crippen LogP contribution in [0.25, 0.3) is 0 Å². The van der Waals surface area contributed by atoms with Crippen molar-refractivity contribution in [3.63, 3.8) is 0 Å². The highest BCUT2D eigenvalue weighted by Gasteiger charge is 2.20. The second-order valence-corrected chi connectivity index (χ2v) is 6.17. The first-order chi connectivity index (χ1) is 8.65. The molecule has 0 aromatic heterocycles. The van der Waals surface area contributed by atoms with Crippen molar-refractivity contribution < 1.29 is 23.4 Å². The highest BCUT2D eigenvalue weighted by Crippen LogP contribution is 2.20. The van der Waals surface area contributed by atoms with Crippen molar-refractivity contribution in [3.8, 4) is 0 Å². The number of benzene rings is 1. The van der Waals surface area contributed by atoms with E-state index in [0.717, 1.165) is 6.07 Å². The first-order valence-electron chi connectivity index (χ1n) is 5.67. The molecule has 0 fully saturated rings. The fourth-order valence-corrected chi connectivity index (χ4v) is 3.03. The van der Waals surface area contributed by atoms with Crippen LogP contribution < -0.4 is 4.72 Å². The van der Waals surface area contributed by atoms with Gasteiger partial charge in [0.2, 0.25) is 10.0 Å². The minimum atomic E-state index is -3.83. The number of aryl methyl sites for hydroxylation is 2. The maximum absolute atomic E-state index is 12.0. The van der Waals surface area contributed by atoms with E-state index in [1.54, 1.807) is 13.8 Å². The van der Waals surface area contributed by atoms with Crippen molar-refractivity contribution >= 4 is 16.0 Å². The lowest BCUT2D eigenvalue weighted by molar-refractivity contribution is 0.0696. The van der Waals surface area contributed by atoms with Gasteiger partial charge in [-0.05, 0) is 38.0 Å². The molecule has 0 bridgehead atoms. The lowest BCUT2D eigenvalue weighted by atomic mass is 10.1. The van der Waals surface area contributed by atoms with Gasteiger partial charge in [0.05, 0.1) is 16.6 Å². The zero-order valence-corrected chi connectivity index (χ0v) is 11.8. The Morgan fingerprint density at radius 1 is 1.32 bits per heavy atom. The van der Waals surface area contributed by atoms with Gasteiger partial charge in [0.25, 0.3) is 0 Å². The van der Waals surface area contributed by atoms with E-state index in [1.807, 2.05) is 0 Å². The molecule has 0 spiro atoms. The predicted molar refractivity (Wildman–Crippen MR) is 69.7 cm³/mol. The van der Waals surface area contributed by atoms with Crippen LogP contribution in [0, 0.1) is 13.8 Å². The molecular formula is C12H17NO5S. The summed E-state index contributed by atoms with van der Waals surface area (Å²) in [7, 11) is -3.83. The van der Waals surface area contributed by atoms with Crippen molar-refractivity contribution in [1.29, 1.82) is 0 Å². The van der Waals surface area contributed by atoms with Gasteiger partial charge < -0.3 is 10.2 Å². The van der Waals surface area contributed by atoms with Gasteiger partial charge in [-0.3, -0.25) is 0 Å². The maximum atomic E-state index is 12.0. The van der Waals surface area contributed by atoms with E-state index in [2.05, 4.69) is 4.72 Å². The van der Waals surface area contributed by atoms with Gasteiger partial charge in [-0.15, -0.1) is 0 Å². The number of nitrogens with one attached hydrogen (secondary N) is 1. The zero-order valence-electron chi connectivity index (χ0n) is 11.0. The standard InChI is InChI=1S/C12H17NO5S/c1-7-4-8(2)11(5-10(7)12(15)16)19(17,18)13-6-9(3)14/h4-5,9,13-14H,6H2,1-3H3,(H,15,16). The molecular weight excluding hydrogens is 270 g/mol. The van der Waals surface area contributed by atoms with Gasteiger partial charge in [-0.1, -0.05) is 6.07 Å². The highest BCUT2D eigenvalue weighted by atomic mass is 32.2. The number of carbonyl (C=O) groups is 1. The lowest BCUT2D eigenvalue weighted by Crippen LogP contribution is -2.31. The Bertz CT molecular complexity index is 592. The summed E-state index contributed by atoms with van der Waals surface area (Å²) in [5.74, 6) is -1.18. The lowest BCUT2D eigenvalue weighted by Gasteiger charge is -2.12. The van der Waals surface area contributed by atoms with Gasteiger partial charge in [-0.25, -0.2) is 17.9 Å². The van der Waals surface area contributed by atoms with Crippen molar-refractivity contribution in [1.82, 2.24) is 4.72 Å². The van der Waals surface area contributed by atoms with Gasteiger partial charge in [0, 0.05) is 6.54 Å². The van der Waals surface area contributed by atoms with Crippen molar-refractivity contribution in [2.24, 2.45) is 0 Å². The number of aliphatic hydroxyl groups is 1. The molecule has 1 rings (SSSR count). The van der Waals surface area contributed by atoms with E-state index < -0.39 is 22.1 Å². The maximum Gasteiger partial charge on any atom is 0.335 e. The number of hydrogen-bond donors (Lipinski definition) is 3. The van der Waals surface area contributed by atoms with E-state index in [-0.39, 0.29) is 17.0 Å². The molecule has 0 radical (unpaired) electrons. The monoisotopic (exact) mass is 287 g/mol. The summed E-state index contributed by atoms with van der Waals surface area (Å²) < 4.78 is 26.3. The summed E-state index contributed by atoms with van der Waals surface area (Å²) in [5, 5.41) is 18.1. The summed E-state index contributed by atoms with van der Waals surface area (Å²) in [5.41, 5.74) is 0.906. The molecule has 0 saturated carbocycles. The van der Waals surface area contributed by atoms with Gasteiger partial charge in [0.15, 0.2) is 0 Å². The number of hydrogen-bond acceptors (Lipinski definition) is 4. The van der Waals surface area contributed by atoms with Crippen LogP contribution in [0.15, 0.2) is 17.0 Å². The molecule has 0 aliphatic carbocycles. The average molecular weight is 287 g/mol. The van der Waals surface area contributed by atoms with Crippen molar-refractivity contribution in [3.05, 3.63) is 28.8 Å². The molecule has 0 saturated heterocycles. The number of carboxylic acids is 1. The SMILES string of the molecule is Cc1cc(C)c(S(=O)(=O)NCC(C)O)cc1C(=O)O. The normalized spacial score (nSPS) is 13.3. The zero-order chi connectivity index (χ0) is 14.8. The third-order valence-electron chi connectivity index (χ3n) is 2.61. The first-order valence-corrected chi connectivity index (χ1v) is 7.15. The van der Waals surface area contributed by atoms with E-state index >= 15 is 0 Å². The number of sulfonamides is 1. The summed E-state index contributed by atoms with van der Waals surface area (Å²) >= 11 is 0. The van der Waals surface area contributed by atoms with E-state index in [0.29, 0.717) is 11.1 Å². The predicted octanol–water partition coefficient (Wildman–Crippen LogP) is 0.661. The van der Waals surface area contributed by atoms with Crippen LogP contribution in [0.5, 0.6) is 0 Å². The van der Waals surface area contributed by atoms with E-state index in [4.69, 9.17) is 10.2 Å². The Morgan fingerprint density at radius 2 is 1.89 bits per heavy atom. The molecule has 19 heavy (non-hydrogen) atoms. The number of carboxylic acid groups (broad SMARTS) is 1. The molecule has 1 atom stereocenters. The number of rotatable bonds is 5. The molecule has 6 nitrogen and oxygen atoms in total. The van der Waals surface area contributed by atoms with Crippen LogP contribution in [0.4, 0.5) is 0 Å². The van der Waals surface area contributed by atoms with Crippen LogP contribution in [0.2, 0.25) is 0 Å². The van der Waals surface area contributed by atoms with Crippen molar-refractivity contribution in [2.75, 3.05) is 6.54 Å². The molecule has 1 unspecified atom stereocenters. The molecule has 106 valence electrons. The minimum absolute atomic E-state index is 0.0528. The largest absolute Gasteiger partial charge is 0.478 e. The minimum Gasteiger partial charge on any atom is -0.478 e. The van der Waals surface area contributed by atoms with E-state index in [1.165, 1.54) is 13.0 Å². The quantitative estimate of drug-likeness (QED) is 0.738. The van der Waals surface area contributed by atoms with Crippen LogP contribution >= 0.6 is 0 Å². The summed E-state index contributed by atoms with van der Waals surface area (Å²) in [6.45, 7) is 4.52. The first kappa shape index (κ1) is 15.6. The van der Waals surface area contributed by atoms with Crippen LogP contribution in [-0.4, -0.2) is 37.2 Å². The van der Waals surface area contributed by atoms with Crippen LogP contribution in [0.3, 0.4) is 0 Å². The second-order valence-electron chi connectivity index (χ2n) is 4.44. The summed E-state index contributed by atoms with van der Waals surface area (Å²) in [6.07, 6.45) is -0.820. The number of aromatic carboxylic acids is 1. The van der Waals surface area contributed by atoms with Crippen LogP contribution in [0.1, 0.15) is 28.4 Å². The smallest absolute Gasteiger partial charge is 0.335 e. The summed E-state index contributed by atoms with van der Waals surface area (Å²) in [4.78, 5) is 10.9. The Kier molecular flexibility index (Phi) is 4.67. The Labute approximate surface area is 112 Å². The van der Waals surface area contributed by atoms with Gasteiger partial charge in [-0.2, -0.15) is 0 Å². The van der Waals surface area contributed by atoms with Crippen molar-refractivity contribution in [2.45, 2.75) is 31.8 Å². The van der Waals surface area contributed by atoms with Crippen LogP contribution in [-0.2, 0) is 10.0 Å². The highest BCUT2D eigenvalue weighted by molar-refractivity contribution is 7.89. The molecule has 3 N–H and O–H groups in total. The fourth-order valence-electron chi connectivity index (χ4n) is 1.66. The molecule has 7 heteroatoms. The molecule has 0 heterocycles. The number of aliphatic hydroxyl groups excluding tert-OH is 1. The van der Waals surface area contributed by atoms with E-state index in [9.17, 15) is 13.2 Å². The molecule has 0 aliphatic heterocycles. The Morgan fingerprint density at radius 3 is 2.37 bits per heavy atom. The Balaban J connectivity index is 3.27. The third-order valence-corrected chi connectivity index (χ3v) is 4.18. The molecule has 0 aliphatic rings. The molecule has 0 amide bonds. The average Bonchev–Trinajstić information content (AvgIpc) is 2.25. The van der Waals surface area contributed by atoms with Gasteiger partial charge >= 0.3 is 5.97 Å². The summed E-state index contributed by atoms with van der Waals surface area (Å²) in [6, 6.07) is 2.65. The second kappa shape index (κ2) is 5.68. The van der Waals surface area contributed by atoms with Gasteiger partial charge in [0.1, 0.15) is 0 Å². The fraction of sp³-hybridized carbons (Fsp3) is 0.417. The Hall–Kier alpha value is -1.44. The molecule has 1 aromatic rings.